The third-order valence-corrected chi connectivity index (χ3v) is 3.98. The van der Waals surface area contributed by atoms with Crippen molar-refractivity contribution in [3.63, 3.8) is 0 Å². The van der Waals surface area contributed by atoms with Gasteiger partial charge in [0.1, 0.15) is 10.8 Å². The summed E-state index contributed by atoms with van der Waals surface area (Å²) in [5.74, 6) is 0.757. The molecule has 3 rings (SSSR count). The maximum Gasteiger partial charge on any atom is 0.271 e. The Labute approximate surface area is 118 Å². The highest BCUT2D eigenvalue weighted by atomic mass is 32.1. The first-order valence-corrected chi connectivity index (χ1v) is 6.68. The maximum absolute atomic E-state index is 10.8. The highest BCUT2D eigenvalue weighted by Crippen LogP contribution is 2.33. The quantitative estimate of drug-likeness (QED) is 0.541. The topological polar surface area (TPSA) is 65.3 Å². The number of benzene rings is 2. The molecule has 0 aliphatic rings. The zero-order chi connectivity index (χ0) is 14.1. The van der Waals surface area contributed by atoms with E-state index >= 15 is 0 Å². The molecule has 0 bridgehead atoms. The molecule has 1 aromatic heterocycles. The Bertz CT molecular complexity index is 798. The molecule has 6 heteroatoms. The normalized spacial score (nSPS) is 10.7. The summed E-state index contributed by atoms with van der Waals surface area (Å²) in [6.45, 7) is 0. The van der Waals surface area contributed by atoms with Gasteiger partial charge in [-0.25, -0.2) is 4.98 Å². The molecule has 0 saturated carbocycles. The minimum absolute atomic E-state index is 0.0555. The number of fused-ring (bicyclic) bond motifs is 1. The van der Waals surface area contributed by atoms with E-state index in [1.54, 1.807) is 13.2 Å². The van der Waals surface area contributed by atoms with Gasteiger partial charge in [0.05, 0.1) is 22.2 Å². The summed E-state index contributed by atoms with van der Waals surface area (Å²) in [5, 5.41) is 11.6. The molecule has 0 N–H and O–H groups in total. The molecular weight excluding hydrogens is 276 g/mol. The Morgan fingerprint density at radius 1 is 1.25 bits per heavy atom. The molecule has 0 spiro atoms. The fraction of sp³-hybridized carbons (Fsp3) is 0.0714. The molecule has 20 heavy (non-hydrogen) atoms. The van der Waals surface area contributed by atoms with Gasteiger partial charge in [0.2, 0.25) is 0 Å². The van der Waals surface area contributed by atoms with E-state index in [0.29, 0.717) is 5.52 Å². The predicted octanol–water partition coefficient (Wildman–Crippen LogP) is 3.88. The second-order valence-corrected chi connectivity index (χ2v) is 5.19. The zero-order valence-electron chi connectivity index (χ0n) is 10.6. The first-order valence-electron chi connectivity index (χ1n) is 5.87. The SMILES string of the molecule is COc1cccc(-c2nc3cc([N+](=O)[O-])ccc3s2)c1. The number of ether oxygens (including phenoxy) is 1. The summed E-state index contributed by atoms with van der Waals surface area (Å²) in [5.41, 5.74) is 1.63. The van der Waals surface area contributed by atoms with Crippen molar-refractivity contribution >= 4 is 27.2 Å². The summed E-state index contributed by atoms with van der Waals surface area (Å²) in [6, 6.07) is 12.3. The molecule has 2 aromatic carbocycles. The fourth-order valence-corrected chi connectivity index (χ4v) is 2.85. The summed E-state index contributed by atoms with van der Waals surface area (Å²) >= 11 is 1.50. The highest BCUT2D eigenvalue weighted by molar-refractivity contribution is 7.21. The van der Waals surface area contributed by atoms with Gasteiger partial charge in [-0.3, -0.25) is 10.1 Å². The van der Waals surface area contributed by atoms with Crippen LogP contribution in [0.4, 0.5) is 5.69 Å². The summed E-state index contributed by atoms with van der Waals surface area (Å²) in [6.07, 6.45) is 0. The molecule has 0 amide bonds. The van der Waals surface area contributed by atoms with Crippen LogP contribution in [0.25, 0.3) is 20.8 Å². The number of thiazole rings is 1. The fourth-order valence-electron chi connectivity index (χ4n) is 1.91. The van der Waals surface area contributed by atoms with Gasteiger partial charge in [0.15, 0.2) is 0 Å². The number of nitro benzene ring substituents is 1. The average molecular weight is 286 g/mol. The van der Waals surface area contributed by atoms with Crippen LogP contribution in [0.5, 0.6) is 5.75 Å². The minimum Gasteiger partial charge on any atom is -0.497 e. The molecule has 1 heterocycles. The number of non-ortho nitro benzene ring substituents is 1. The van der Waals surface area contributed by atoms with Crippen molar-refractivity contribution in [2.24, 2.45) is 0 Å². The Balaban J connectivity index is 2.10. The predicted molar refractivity (Wildman–Crippen MR) is 78.3 cm³/mol. The summed E-state index contributed by atoms with van der Waals surface area (Å²) < 4.78 is 6.11. The van der Waals surface area contributed by atoms with Crippen LogP contribution in [0.1, 0.15) is 0 Å². The van der Waals surface area contributed by atoms with Crippen LogP contribution in [-0.2, 0) is 0 Å². The van der Waals surface area contributed by atoms with Crippen LogP contribution in [0.2, 0.25) is 0 Å². The lowest BCUT2D eigenvalue weighted by atomic mass is 10.2. The maximum atomic E-state index is 10.8. The van der Waals surface area contributed by atoms with Gasteiger partial charge < -0.3 is 4.74 Å². The van der Waals surface area contributed by atoms with E-state index in [0.717, 1.165) is 21.0 Å². The number of rotatable bonds is 3. The van der Waals surface area contributed by atoms with Gasteiger partial charge >= 0.3 is 0 Å². The Kier molecular flexibility index (Phi) is 3.08. The first-order chi connectivity index (χ1) is 9.67. The molecule has 0 aliphatic carbocycles. The molecule has 0 atom stereocenters. The lowest BCUT2D eigenvalue weighted by molar-refractivity contribution is -0.384. The van der Waals surface area contributed by atoms with E-state index in [1.807, 2.05) is 24.3 Å². The van der Waals surface area contributed by atoms with Crippen molar-refractivity contribution in [1.29, 1.82) is 0 Å². The molecular formula is C14H10N2O3S. The first kappa shape index (κ1) is 12.6. The lowest BCUT2D eigenvalue weighted by Crippen LogP contribution is -1.86. The van der Waals surface area contributed by atoms with Gasteiger partial charge in [-0.1, -0.05) is 12.1 Å². The average Bonchev–Trinajstić information content (AvgIpc) is 2.90. The molecule has 100 valence electrons. The number of aromatic nitrogens is 1. The van der Waals surface area contributed by atoms with Gasteiger partial charge in [-0.2, -0.15) is 0 Å². The third-order valence-electron chi connectivity index (χ3n) is 2.90. The van der Waals surface area contributed by atoms with Crippen molar-refractivity contribution in [1.82, 2.24) is 4.98 Å². The van der Waals surface area contributed by atoms with Crippen LogP contribution in [-0.4, -0.2) is 17.0 Å². The summed E-state index contributed by atoms with van der Waals surface area (Å²) in [7, 11) is 1.61. The van der Waals surface area contributed by atoms with Crippen molar-refractivity contribution in [2.75, 3.05) is 7.11 Å². The third kappa shape index (κ3) is 2.21. The Morgan fingerprint density at radius 3 is 2.85 bits per heavy atom. The molecule has 0 aliphatic heterocycles. The molecule has 0 saturated heterocycles. The van der Waals surface area contributed by atoms with E-state index in [2.05, 4.69) is 4.98 Å². The van der Waals surface area contributed by atoms with Crippen LogP contribution in [0.15, 0.2) is 42.5 Å². The molecule has 5 nitrogen and oxygen atoms in total. The van der Waals surface area contributed by atoms with E-state index in [4.69, 9.17) is 4.74 Å². The monoisotopic (exact) mass is 286 g/mol. The van der Waals surface area contributed by atoms with Gasteiger partial charge in [0.25, 0.3) is 5.69 Å². The van der Waals surface area contributed by atoms with Gasteiger partial charge in [-0.15, -0.1) is 11.3 Å². The second kappa shape index (κ2) is 4.90. The van der Waals surface area contributed by atoms with E-state index in [1.165, 1.54) is 23.5 Å². The largest absolute Gasteiger partial charge is 0.497 e. The smallest absolute Gasteiger partial charge is 0.271 e. The molecule has 0 radical (unpaired) electrons. The van der Waals surface area contributed by atoms with Crippen LogP contribution in [0, 0.1) is 10.1 Å². The Morgan fingerprint density at radius 2 is 2.10 bits per heavy atom. The van der Waals surface area contributed by atoms with E-state index in [9.17, 15) is 10.1 Å². The lowest BCUT2D eigenvalue weighted by Gasteiger charge is -2.00. The van der Waals surface area contributed by atoms with Crippen molar-refractivity contribution in [3.05, 3.63) is 52.6 Å². The summed E-state index contributed by atoms with van der Waals surface area (Å²) in [4.78, 5) is 14.8. The van der Waals surface area contributed by atoms with Crippen molar-refractivity contribution in [3.8, 4) is 16.3 Å². The van der Waals surface area contributed by atoms with Crippen LogP contribution < -0.4 is 4.74 Å². The standard InChI is InChI=1S/C14H10N2O3S/c1-19-11-4-2-3-9(7-11)14-15-12-8-10(16(17)18)5-6-13(12)20-14/h2-8H,1H3. The highest BCUT2D eigenvalue weighted by Gasteiger charge is 2.11. The van der Waals surface area contributed by atoms with Gasteiger partial charge in [-0.05, 0) is 18.2 Å². The second-order valence-electron chi connectivity index (χ2n) is 4.16. The van der Waals surface area contributed by atoms with E-state index in [-0.39, 0.29) is 5.69 Å². The van der Waals surface area contributed by atoms with Crippen molar-refractivity contribution in [2.45, 2.75) is 0 Å². The van der Waals surface area contributed by atoms with Gasteiger partial charge in [0, 0.05) is 17.7 Å². The molecule has 0 fully saturated rings. The minimum atomic E-state index is -0.413. The zero-order valence-corrected chi connectivity index (χ0v) is 11.4. The number of hydrogen-bond acceptors (Lipinski definition) is 5. The van der Waals surface area contributed by atoms with Crippen LogP contribution in [0.3, 0.4) is 0 Å². The van der Waals surface area contributed by atoms with Crippen LogP contribution >= 0.6 is 11.3 Å². The molecule has 0 unspecified atom stereocenters. The van der Waals surface area contributed by atoms with Crippen molar-refractivity contribution < 1.29 is 9.66 Å². The number of hydrogen-bond donors (Lipinski definition) is 0. The Hall–Kier alpha value is -2.47. The number of nitro groups is 1. The van der Waals surface area contributed by atoms with E-state index < -0.39 is 4.92 Å². The number of nitrogens with zero attached hydrogens (tertiary/aromatic N) is 2. The molecule has 3 aromatic rings. The number of methoxy groups -OCH3 is 1.